The number of aryl methyl sites for hydroxylation is 1. The SMILES string of the molecule is Cc1ccc(C2CCCCC(=O)N2)cc1O. The van der Waals surface area contributed by atoms with Crippen LogP contribution in [0.1, 0.15) is 42.9 Å². The van der Waals surface area contributed by atoms with Gasteiger partial charge in [0.2, 0.25) is 5.91 Å². The van der Waals surface area contributed by atoms with Gasteiger partial charge in [-0.15, -0.1) is 0 Å². The summed E-state index contributed by atoms with van der Waals surface area (Å²) in [7, 11) is 0. The van der Waals surface area contributed by atoms with E-state index in [4.69, 9.17) is 0 Å². The van der Waals surface area contributed by atoms with Gasteiger partial charge in [-0.25, -0.2) is 0 Å². The minimum absolute atomic E-state index is 0.0569. The summed E-state index contributed by atoms with van der Waals surface area (Å²) in [6.45, 7) is 1.87. The van der Waals surface area contributed by atoms with Crippen LogP contribution >= 0.6 is 0 Å². The van der Waals surface area contributed by atoms with E-state index in [-0.39, 0.29) is 11.9 Å². The molecule has 1 atom stereocenters. The molecule has 1 saturated heterocycles. The van der Waals surface area contributed by atoms with Crippen molar-refractivity contribution in [2.75, 3.05) is 0 Å². The Hall–Kier alpha value is -1.51. The van der Waals surface area contributed by atoms with Crippen molar-refractivity contribution in [2.24, 2.45) is 0 Å². The van der Waals surface area contributed by atoms with Crippen molar-refractivity contribution in [3.63, 3.8) is 0 Å². The van der Waals surface area contributed by atoms with Crippen LogP contribution in [0.3, 0.4) is 0 Å². The second kappa shape index (κ2) is 4.56. The van der Waals surface area contributed by atoms with Crippen LogP contribution in [0.25, 0.3) is 0 Å². The molecule has 1 aliphatic rings. The van der Waals surface area contributed by atoms with Crippen LogP contribution < -0.4 is 5.32 Å². The van der Waals surface area contributed by atoms with E-state index >= 15 is 0 Å². The first-order chi connectivity index (χ1) is 7.66. The Morgan fingerprint density at radius 1 is 1.38 bits per heavy atom. The van der Waals surface area contributed by atoms with Gasteiger partial charge in [-0.1, -0.05) is 18.6 Å². The number of rotatable bonds is 1. The normalized spacial score (nSPS) is 21.3. The Bertz CT molecular complexity index is 401. The van der Waals surface area contributed by atoms with E-state index in [1.807, 2.05) is 19.1 Å². The highest BCUT2D eigenvalue weighted by atomic mass is 16.3. The number of hydrogen-bond donors (Lipinski definition) is 2. The molecule has 3 heteroatoms. The molecule has 0 saturated carbocycles. The van der Waals surface area contributed by atoms with Gasteiger partial charge in [-0.2, -0.15) is 0 Å². The molecular formula is C13H17NO2. The molecule has 0 radical (unpaired) electrons. The monoisotopic (exact) mass is 219 g/mol. The van der Waals surface area contributed by atoms with Crippen molar-refractivity contribution in [1.82, 2.24) is 5.32 Å². The Kier molecular flexibility index (Phi) is 3.13. The Labute approximate surface area is 95.5 Å². The maximum atomic E-state index is 11.4. The van der Waals surface area contributed by atoms with E-state index in [2.05, 4.69) is 5.32 Å². The molecule has 1 aromatic rings. The van der Waals surface area contributed by atoms with Gasteiger partial charge < -0.3 is 10.4 Å². The fraction of sp³-hybridized carbons (Fsp3) is 0.462. The van der Waals surface area contributed by atoms with Gasteiger partial charge in [-0.3, -0.25) is 4.79 Å². The molecule has 0 spiro atoms. The summed E-state index contributed by atoms with van der Waals surface area (Å²) in [6, 6.07) is 5.68. The number of benzene rings is 1. The first kappa shape index (κ1) is 11.0. The molecule has 3 nitrogen and oxygen atoms in total. The second-order valence-electron chi connectivity index (χ2n) is 4.41. The number of amides is 1. The number of carbonyl (C=O) groups is 1. The van der Waals surface area contributed by atoms with Crippen LogP contribution in [-0.2, 0) is 4.79 Å². The van der Waals surface area contributed by atoms with Gasteiger partial charge in [-0.05, 0) is 37.0 Å². The number of phenolic OH excluding ortho intramolecular Hbond substituents is 1. The van der Waals surface area contributed by atoms with Gasteiger partial charge in [0.05, 0.1) is 6.04 Å². The molecule has 1 aromatic carbocycles. The lowest BCUT2D eigenvalue weighted by molar-refractivity contribution is -0.121. The maximum Gasteiger partial charge on any atom is 0.220 e. The first-order valence-corrected chi connectivity index (χ1v) is 5.75. The minimum atomic E-state index is 0.0569. The first-order valence-electron chi connectivity index (χ1n) is 5.75. The number of hydrogen-bond acceptors (Lipinski definition) is 2. The lowest BCUT2D eigenvalue weighted by Crippen LogP contribution is -2.25. The molecule has 2 N–H and O–H groups in total. The smallest absolute Gasteiger partial charge is 0.220 e. The van der Waals surface area contributed by atoms with Crippen molar-refractivity contribution in [2.45, 2.75) is 38.6 Å². The molecular weight excluding hydrogens is 202 g/mol. The van der Waals surface area contributed by atoms with Crippen molar-refractivity contribution in [3.05, 3.63) is 29.3 Å². The van der Waals surface area contributed by atoms with Crippen LogP contribution in [0.5, 0.6) is 5.75 Å². The zero-order valence-electron chi connectivity index (χ0n) is 9.49. The van der Waals surface area contributed by atoms with Gasteiger partial charge in [0, 0.05) is 6.42 Å². The lowest BCUT2D eigenvalue weighted by atomic mass is 10.0. The molecule has 2 rings (SSSR count). The number of carbonyl (C=O) groups excluding carboxylic acids is 1. The Morgan fingerprint density at radius 2 is 2.19 bits per heavy atom. The zero-order valence-corrected chi connectivity index (χ0v) is 9.49. The standard InChI is InChI=1S/C13H17NO2/c1-9-6-7-10(8-12(9)15)11-4-2-3-5-13(16)14-11/h6-8,11,15H,2-5H2,1H3,(H,14,16). The highest BCUT2D eigenvalue weighted by Gasteiger charge is 2.18. The van der Waals surface area contributed by atoms with Crippen molar-refractivity contribution in [3.8, 4) is 5.75 Å². The quantitative estimate of drug-likeness (QED) is 0.762. The third-order valence-corrected chi connectivity index (χ3v) is 3.12. The van der Waals surface area contributed by atoms with Gasteiger partial charge in [0.15, 0.2) is 0 Å². The predicted octanol–water partition coefficient (Wildman–Crippen LogP) is 2.43. The lowest BCUT2D eigenvalue weighted by Gasteiger charge is -2.16. The topological polar surface area (TPSA) is 49.3 Å². The molecule has 0 aromatic heterocycles. The van der Waals surface area contributed by atoms with Crippen LogP contribution in [0.2, 0.25) is 0 Å². The fourth-order valence-electron chi connectivity index (χ4n) is 2.07. The predicted molar refractivity (Wildman–Crippen MR) is 62.2 cm³/mol. The van der Waals surface area contributed by atoms with Crippen LogP contribution in [0.4, 0.5) is 0 Å². The summed E-state index contributed by atoms with van der Waals surface area (Å²) in [5.74, 6) is 0.415. The third kappa shape index (κ3) is 2.35. The van der Waals surface area contributed by atoms with Crippen LogP contribution in [0.15, 0.2) is 18.2 Å². The summed E-state index contributed by atoms with van der Waals surface area (Å²) < 4.78 is 0. The summed E-state index contributed by atoms with van der Waals surface area (Å²) in [4.78, 5) is 11.4. The Morgan fingerprint density at radius 3 is 2.94 bits per heavy atom. The van der Waals surface area contributed by atoms with Gasteiger partial charge in [0.25, 0.3) is 0 Å². The molecule has 86 valence electrons. The fourth-order valence-corrected chi connectivity index (χ4v) is 2.07. The molecule has 1 heterocycles. The molecule has 1 fully saturated rings. The van der Waals surface area contributed by atoms with E-state index in [0.717, 1.165) is 30.4 Å². The third-order valence-electron chi connectivity index (χ3n) is 3.12. The maximum absolute atomic E-state index is 11.4. The van der Waals surface area contributed by atoms with E-state index in [1.54, 1.807) is 6.07 Å². The average molecular weight is 219 g/mol. The second-order valence-corrected chi connectivity index (χ2v) is 4.41. The van der Waals surface area contributed by atoms with E-state index in [9.17, 15) is 9.90 Å². The Balaban J connectivity index is 2.21. The van der Waals surface area contributed by atoms with Crippen molar-refractivity contribution < 1.29 is 9.90 Å². The minimum Gasteiger partial charge on any atom is -0.508 e. The van der Waals surface area contributed by atoms with E-state index in [1.165, 1.54) is 0 Å². The molecule has 16 heavy (non-hydrogen) atoms. The molecule has 0 aliphatic carbocycles. The zero-order chi connectivity index (χ0) is 11.5. The molecule has 1 unspecified atom stereocenters. The summed E-state index contributed by atoms with van der Waals surface area (Å²) in [5.41, 5.74) is 1.86. The highest BCUT2D eigenvalue weighted by Crippen LogP contribution is 2.27. The number of aromatic hydroxyl groups is 1. The average Bonchev–Trinajstić information content (AvgIpc) is 2.47. The van der Waals surface area contributed by atoms with Crippen LogP contribution in [-0.4, -0.2) is 11.0 Å². The molecule has 1 amide bonds. The summed E-state index contributed by atoms with van der Waals surface area (Å²) in [5, 5.41) is 12.6. The van der Waals surface area contributed by atoms with E-state index in [0.29, 0.717) is 12.2 Å². The molecule has 1 aliphatic heterocycles. The number of nitrogens with one attached hydrogen (secondary N) is 1. The largest absolute Gasteiger partial charge is 0.508 e. The summed E-state index contributed by atoms with van der Waals surface area (Å²) in [6.07, 6.45) is 3.58. The highest BCUT2D eigenvalue weighted by molar-refractivity contribution is 5.76. The molecule has 0 bridgehead atoms. The van der Waals surface area contributed by atoms with Gasteiger partial charge in [0.1, 0.15) is 5.75 Å². The summed E-state index contributed by atoms with van der Waals surface area (Å²) >= 11 is 0. The van der Waals surface area contributed by atoms with Crippen molar-refractivity contribution in [1.29, 1.82) is 0 Å². The van der Waals surface area contributed by atoms with E-state index < -0.39 is 0 Å². The van der Waals surface area contributed by atoms with Gasteiger partial charge >= 0.3 is 0 Å². The number of phenols is 1. The van der Waals surface area contributed by atoms with Crippen LogP contribution in [0, 0.1) is 6.92 Å². The van der Waals surface area contributed by atoms with Crippen molar-refractivity contribution >= 4 is 5.91 Å².